The van der Waals surface area contributed by atoms with E-state index in [4.69, 9.17) is 4.74 Å². The number of phenolic OH excluding ortho intramolecular Hbond substituents is 1. The highest BCUT2D eigenvalue weighted by atomic mass is 16.5. The molecule has 6 nitrogen and oxygen atoms in total. The number of ether oxygens (including phenoxy) is 1. The van der Waals surface area contributed by atoms with Crippen LogP contribution in [0.15, 0.2) is 30.3 Å². The van der Waals surface area contributed by atoms with Crippen molar-refractivity contribution in [2.75, 3.05) is 6.61 Å². The Morgan fingerprint density at radius 3 is 2.46 bits per heavy atom. The Bertz CT molecular complexity index is 891. The minimum absolute atomic E-state index is 0.0370. The SMILES string of the molecule is Cc1cc(O)c(C2CC(O)CC(CO)O2)cc1C(O)(O)c1ccc2c(c1)CC2. The lowest BCUT2D eigenvalue weighted by molar-refractivity contribution is -0.133. The van der Waals surface area contributed by atoms with Gasteiger partial charge in [-0.3, -0.25) is 0 Å². The van der Waals surface area contributed by atoms with Gasteiger partial charge in [0.1, 0.15) is 5.75 Å². The summed E-state index contributed by atoms with van der Waals surface area (Å²) < 4.78 is 5.80. The van der Waals surface area contributed by atoms with Crippen LogP contribution in [0.5, 0.6) is 5.75 Å². The molecule has 3 atom stereocenters. The number of aromatic hydroxyl groups is 1. The van der Waals surface area contributed by atoms with E-state index in [9.17, 15) is 25.5 Å². The van der Waals surface area contributed by atoms with E-state index < -0.39 is 24.1 Å². The molecular weight excluding hydrogens is 360 g/mol. The van der Waals surface area contributed by atoms with Gasteiger partial charge in [-0.15, -0.1) is 0 Å². The van der Waals surface area contributed by atoms with Gasteiger partial charge in [0.15, 0.2) is 0 Å². The Morgan fingerprint density at radius 1 is 1.07 bits per heavy atom. The molecule has 1 aliphatic carbocycles. The Kier molecular flexibility index (Phi) is 4.93. The van der Waals surface area contributed by atoms with Crippen molar-refractivity contribution in [3.63, 3.8) is 0 Å². The molecule has 1 heterocycles. The van der Waals surface area contributed by atoms with Crippen LogP contribution in [-0.2, 0) is 23.4 Å². The van der Waals surface area contributed by atoms with Crippen molar-refractivity contribution in [2.45, 2.75) is 56.7 Å². The minimum Gasteiger partial charge on any atom is -0.508 e. The van der Waals surface area contributed by atoms with Crippen LogP contribution in [0.3, 0.4) is 0 Å². The number of hydrogen-bond donors (Lipinski definition) is 5. The summed E-state index contributed by atoms with van der Waals surface area (Å²) in [5.41, 5.74) is 3.87. The zero-order valence-electron chi connectivity index (χ0n) is 15.8. The summed E-state index contributed by atoms with van der Waals surface area (Å²) in [6.45, 7) is 1.47. The summed E-state index contributed by atoms with van der Waals surface area (Å²) in [6, 6.07) is 8.45. The molecule has 2 aliphatic rings. The zero-order valence-corrected chi connectivity index (χ0v) is 15.8. The van der Waals surface area contributed by atoms with Gasteiger partial charge in [-0.1, -0.05) is 12.1 Å². The Hall–Kier alpha value is -1.96. The van der Waals surface area contributed by atoms with Crippen molar-refractivity contribution in [2.24, 2.45) is 0 Å². The zero-order chi connectivity index (χ0) is 20.1. The molecule has 0 saturated carbocycles. The molecule has 2 aromatic rings. The van der Waals surface area contributed by atoms with Crippen LogP contribution in [0.4, 0.5) is 0 Å². The van der Waals surface area contributed by atoms with Gasteiger partial charge in [0.25, 0.3) is 0 Å². The molecule has 5 N–H and O–H groups in total. The van der Waals surface area contributed by atoms with Gasteiger partial charge in [0.05, 0.1) is 24.9 Å². The number of fused-ring (bicyclic) bond motifs is 1. The van der Waals surface area contributed by atoms with E-state index in [1.807, 2.05) is 12.1 Å². The van der Waals surface area contributed by atoms with Crippen LogP contribution < -0.4 is 0 Å². The van der Waals surface area contributed by atoms with E-state index in [0.717, 1.165) is 18.4 Å². The molecule has 6 heteroatoms. The summed E-state index contributed by atoms with van der Waals surface area (Å²) >= 11 is 0. The number of rotatable bonds is 4. The molecule has 0 bridgehead atoms. The molecule has 2 aromatic carbocycles. The van der Waals surface area contributed by atoms with Crippen LogP contribution in [0.2, 0.25) is 0 Å². The number of aliphatic hydroxyl groups is 4. The van der Waals surface area contributed by atoms with Crippen LogP contribution in [0.1, 0.15) is 52.3 Å². The number of phenols is 1. The topological polar surface area (TPSA) is 110 Å². The molecule has 0 amide bonds. The maximum absolute atomic E-state index is 11.0. The first-order valence-electron chi connectivity index (χ1n) is 9.65. The summed E-state index contributed by atoms with van der Waals surface area (Å²) in [6.07, 6.45) is 0.679. The van der Waals surface area contributed by atoms with Crippen molar-refractivity contribution in [1.29, 1.82) is 0 Å². The van der Waals surface area contributed by atoms with Crippen LogP contribution in [0, 0.1) is 6.92 Å². The maximum atomic E-state index is 11.0. The smallest absolute Gasteiger partial charge is 0.217 e. The fourth-order valence-corrected chi connectivity index (χ4v) is 4.22. The second-order valence-electron chi connectivity index (χ2n) is 7.94. The van der Waals surface area contributed by atoms with E-state index in [1.54, 1.807) is 13.0 Å². The molecule has 1 saturated heterocycles. The third-order valence-electron chi connectivity index (χ3n) is 5.95. The minimum atomic E-state index is -2.22. The van der Waals surface area contributed by atoms with Crippen LogP contribution in [0.25, 0.3) is 0 Å². The number of aryl methyl sites for hydroxylation is 3. The first-order valence-corrected chi connectivity index (χ1v) is 9.65. The van der Waals surface area contributed by atoms with E-state index in [0.29, 0.717) is 23.1 Å². The molecule has 28 heavy (non-hydrogen) atoms. The largest absolute Gasteiger partial charge is 0.508 e. The first kappa shape index (κ1) is 19.4. The molecule has 0 aromatic heterocycles. The normalized spacial score (nSPS) is 24.5. The highest BCUT2D eigenvalue weighted by molar-refractivity contribution is 5.49. The maximum Gasteiger partial charge on any atom is 0.217 e. The van der Waals surface area contributed by atoms with Crippen LogP contribution in [-0.4, -0.2) is 44.3 Å². The molecule has 0 radical (unpaired) electrons. The quantitative estimate of drug-likeness (QED) is 0.510. The van der Waals surface area contributed by atoms with Crippen LogP contribution >= 0.6 is 0 Å². The Labute approximate surface area is 163 Å². The standard InChI is InChI=1S/C22H26O6/c1-12-6-20(25)18(21-9-16(24)8-17(11-23)28-21)10-19(12)22(26,27)15-5-4-13-2-3-14(13)7-15/h4-7,10,16-17,21,23-27H,2-3,8-9,11H2,1H3. The lowest BCUT2D eigenvalue weighted by atomic mass is 9.83. The Balaban J connectivity index is 1.73. The average molecular weight is 386 g/mol. The monoisotopic (exact) mass is 386 g/mol. The first-order chi connectivity index (χ1) is 13.3. The van der Waals surface area contributed by atoms with Crippen molar-refractivity contribution >= 4 is 0 Å². The molecule has 4 rings (SSSR count). The van der Waals surface area contributed by atoms with Gasteiger partial charge >= 0.3 is 0 Å². The van der Waals surface area contributed by atoms with Gasteiger partial charge < -0.3 is 30.3 Å². The van der Waals surface area contributed by atoms with Crippen molar-refractivity contribution in [3.05, 3.63) is 63.7 Å². The van der Waals surface area contributed by atoms with E-state index >= 15 is 0 Å². The van der Waals surface area contributed by atoms with E-state index in [2.05, 4.69) is 0 Å². The van der Waals surface area contributed by atoms with E-state index in [1.165, 1.54) is 17.7 Å². The predicted molar refractivity (Wildman–Crippen MR) is 102 cm³/mol. The molecule has 150 valence electrons. The second-order valence-corrected chi connectivity index (χ2v) is 7.94. The summed E-state index contributed by atoms with van der Waals surface area (Å²) in [5, 5.41) is 51.9. The number of benzene rings is 2. The molecule has 1 fully saturated rings. The third kappa shape index (κ3) is 3.32. The van der Waals surface area contributed by atoms with Gasteiger partial charge in [-0.05, 0) is 54.7 Å². The average Bonchev–Trinajstić information content (AvgIpc) is 2.61. The Morgan fingerprint density at radius 2 is 1.82 bits per heavy atom. The fourth-order valence-electron chi connectivity index (χ4n) is 4.22. The van der Waals surface area contributed by atoms with Crippen molar-refractivity contribution in [3.8, 4) is 5.75 Å². The highest BCUT2D eigenvalue weighted by Crippen LogP contribution is 2.41. The van der Waals surface area contributed by atoms with Crippen molar-refractivity contribution in [1.82, 2.24) is 0 Å². The molecule has 1 aliphatic heterocycles. The fraction of sp³-hybridized carbons (Fsp3) is 0.455. The number of hydrogen-bond acceptors (Lipinski definition) is 6. The molecule has 3 unspecified atom stereocenters. The summed E-state index contributed by atoms with van der Waals surface area (Å²) in [5.74, 6) is -2.26. The molecule has 0 spiro atoms. The second kappa shape index (κ2) is 7.13. The van der Waals surface area contributed by atoms with Gasteiger partial charge in [0.2, 0.25) is 5.79 Å². The van der Waals surface area contributed by atoms with Crippen molar-refractivity contribution < 1.29 is 30.3 Å². The summed E-state index contributed by atoms with van der Waals surface area (Å²) in [7, 11) is 0. The lowest BCUT2D eigenvalue weighted by Crippen LogP contribution is -2.34. The highest BCUT2D eigenvalue weighted by Gasteiger charge is 2.35. The predicted octanol–water partition coefficient (Wildman–Crippen LogP) is 1.56. The number of aliphatic hydroxyl groups excluding tert-OH is 2. The molecular formula is C22H26O6. The van der Waals surface area contributed by atoms with Gasteiger partial charge in [0, 0.05) is 29.5 Å². The lowest BCUT2D eigenvalue weighted by Gasteiger charge is -2.34. The van der Waals surface area contributed by atoms with E-state index in [-0.39, 0.29) is 24.3 Å². The van der Waals surface area contributed by atoms with Gasteiger partial charge in [-0.25, -0.2) is 0 Å². The van der Waals surface area contributed by atoms with Gasteiger partial charge in [-0.2, -0.15) is 0 Å². The third-order valence-corrected chi connectivity index (χ3v) is 5.95. The summed E-state index contributed by atoms with van der Waals surface area (Å²) in [4.78, 5) is 0.